The van der Waals surface area contributed by atoms with Crippen LogP contribution in [0.2, 0.25) is 0 Å². The second-order valence-corrected chi connectivity index (χ2v) is 4.61. The Balaban J connectivity index is 2.13. The molecule has 0 radical (unpaired) electrons. The highest BCUT2D eigenvalue weighted by atomic mass is 127. The number of nitrogens with zero attached hydrogens (tertiary/aromatic N) is 1. The fourth-order valence-corrected chi connectivity index (χ4v) is 2.46. The van der Waals surface area contributed by atoms with Crippen molar-refractivity contribution in [2.45, 2.75) is 23.7 Å². The molecule has 2 rings (SSSR count). The number of hydrogen-bond acceptors (Lipinski definition) is 1. The van der Waals surface area contributed by atoms with Crippen LogP contribution >= 0.6 is 22.6 Å². The highest BCUT2D eigenvalue weighted by Crippen LogP contribution is 2.21. The molecule has 0 atom stereocenters. The van der Waals surface area contributed by atoms with Gasteiger partial charge in [-0.25, -0.2) is 0 Å². The van der Waals surface area contributed by atoms with Crippen LogP contribution < -0.4 is 4.90 Å². The van der Waals surface area contributed by atoms with E-state index in [0.29, 0.717) is 0 Å². The monoisotopic (exact) mass is 301 g/mol. The Labute approximate surface area is 99.6 Å². The van der Waals surface area contributed by atoms with Crippen LogP contribution in [0.25, 0.3) is 0 Å². The maximum Gasteiger partial charge on any atom is 0.0369 e. The van der Waals surface area contributed by atoms with E-state index in [-0.39, 0.29) is 0 Å². The molecule has 1 aliphatic heterocycles. The molecule has 1 aromatic carbocycles. The fraction of sp³-hybridized carbons (Fsp3) is 0.500. The summed E-state index contributed by atoms with van der Waals surface area (Å²) in [5.41, 5.74) is 2.85. The van der Waals surface area contributed by atoms with Gasteiger partial charge in [0, 0.05) is 23.2 Å². The summed E-state index contributed by atoms with van der Waals surface area (Å²) < 4.78 is 1.11. The standard InChI is InChI=1S/C12H16IN/c13-10-11-5-4-6-12(9-11)14-7-2-1-3-8-14/h4-6,9H,1-3,7-8,10H2. The summed E-state index contributed by atoms with van der Waals surface area (Å²) in [6.45, 7) is 2.48. The Morgan fingerprint density at radius 1 is 1.14 bits per heavy atom. The lowest BCUT2D eigenvalue weighted by Gasteiger charge is -2.29. The van der Waals surface area contributed by atoms with Crippen molar-refractivity contribution in [2.24, 2.45) is 0 Å². The lowest BCUT2D eigenvalue weighted by molar-refractivity contribution is 0.578. The van der Waals surface area contributed by atoms with Gasteiger partial charge < -0.3 is 4.90 Å². The minimum atomic E-state index is 1.11. The van der Waals surface area contributed by atoms with Crippen LogP contribution in [0.15, 0.2) is 24.3 Å². The lowest BCUT2D eigenvalue weighted by atomic mass is 10.1. The SMILES string of the molecule is ICc1cccc(N2CCCCC2)c1. The average molecular weight is 301 g/mol. The van der Waals surface area contributed by atoms with Gasteiger partial charge in [-0.05, 0) is 37.0 Å². The van der Waals surface area contributed by atoms with E-state index in [2.05, 4.69) is 51.8 Å². The summed E-state index contributed by atoms with van der Waals surface area (Å²) in [4.78, 5) is 2.51. The Hall–Kier alpha value is -0.250. The van der Waals surface area contributed by atoms with Crippen LogP contribution in [-0.2, 0) is 4.43 Å². The summed E-state index contributed by atoms with van der Waals surface area (Å²) in [5, 5.41) is 0. The van der Waals surface area contributed by atoms with Crippen molar-refractivity contribution in [2.75, 3.05) is 18.0 Å². The first-order chi connectivity index (χ1) is 6.90. The van der Waals surface area contributed by atoms with Crippen molar-refractivity contribution in [1.82, 2.24) is 0 Å². The molecule has 76 valence electrons. The van der Waals surface area contributed by atoms with E-state index < -0.39 is 0 Å². The molecule has 0 amide bonds. The maximum absolute atomic E-state index is 2.51. The van der Waals surface area contributed by atoms with Crippen LogP contribution in [0.4, 0.5) is 5.69 Å². The highest BCUT2D eigenvalue weighted by molar-refractivity contribution is 14.1. The molecule has 1 fully saturated rings. The molecule has 14 heavy (non-hydrogen) atoms. The van der Waals surface area contributed by atoms with Gasteiger partial charge >= 0.3 is 0 Å². The molecule has 0 spiro atoms. The Kier molecular flexibility index (Phi) is 3.67. The Bertz CT molecular complexity index is 292. The van der Waals surface area contributed by atoms with Crippen LogP contribution in [0, 0.1) is 0 Å². The minimum Gasteiger partial charge on any atom is -0.372 e. The second kappa shape index (κ2) is 5.01. The largest absolute Gasteiger partial charge is 0.372 e. The summed E-state index contributed by atoms with van der Waals surface area (Å²) in [7, 11) is 0. The molecular formula is C12H16IN. The first kappa shape index (κ1) is 10.3. The van der Waals surface area contributed by atoms with Crippen molar-refractivity contribution in [3.8, 4) is 0 Å². The molecular weight excluding hydrogens is 285 g/mol. The zero-order valence-corrected chi connectivity index (χ0v) is 10.5. The normalized spacial score (nSPS) is 17.1. The Morgan fingerprint density at radius 2 is 1.93 bits per heavy atom. The molecule has 2 heteroatoms. The molecule has 1 aliphatic rings. The zero-order chi connectivity index (χ0) is 9.80. The van der Waals surface area contributed by atoms with Gasteiger partial charge in [0.05, 0.1) is 0 Å². The fourth-order valence-electron chi connectivity index (χ4n) is 1.99. The van der Waals surface area contributed by atoms with Gasteiger partial charge in [-0.2, -0.15) is 0 Å². The zero-order valence-electron chi connectivity index (χ0n) is 8.38. The molecule has 1 nitrogen and oxygen atoms in total. The molecule has 1 heterocycles. The molecule has 0 saturated carbocycles. The maximum atomic E-state index is 2.51. The van der Waals surface area contributed by atoms with Crippen LogP contribution in [0.3, 0.4) is 0 Å². The van der Waals surface area contributed by atoms with Crippen LogP contribution in [0.5, 0.6) is 0 Å². The third-order valence-electron chi connectivity index (χ3n) is 2.79. The van der Waals surface area contributed by atoms with Crippen molar-refractivity contribution in [1.29, 1.82) is 0 Å². The van der Waals surface area contributed by atoms with E-state index in [4.69, 9.17) is 0 Å². The quantitative estimate of drug-likeness (QED) is 0.596. The van der Waals surface area contributed by atoms with Crippen LogP contribution in [-0.4, -0.2) is 13.1 Å². The number of halogens is 1. The first-order valence-corrected chi connectivity index (χ1v) is 6.82. The minimum absolute atomic E-state index is 1.11. The second-order valence-electron chi connectivity index (χ2n) is 3.85. The molecule has 1 aromatic rings. The predicted molar refractivity (Wildman–Crippen MR) is 70.2 cm³/mol. The summed E-state index contributed by atoms with van der Waals surface area (Å²) in [5.74, 6) is 0. The van der Waals surface area contributed by atoms with E-state index in [1.165, 1.54) is 43.6 Å². The van der Waals surface area contributed by atoms with E-state index in [1.807, 2.05) is 0 Å². The first-order valence-electron chi connectivity index (χ1n) is 5.30. The van der Waals surface area contributed by atoms with Gasteiger partial charge in [0.25, 0.3) is 0 Å². The van der Waals surface area contributed by atoms with Gasteiger partial charge in [-0.3, -0.25) is 0 Å². The van der Waals surface area contributed by atoms with Gasteiger partial charge in [-0.15, -0.1) is 0 Å². The lowest BCUT2D eigenvalue weighted by Crippen LogP contribution is -2.29. The average Bonchev–Trinajstić information content (AvgIpc) is 2.30. The topological polar surface area (TPSA) is 3.24 Å². The summed E-state index contributed by atoms with van der Waals surface area (Å²) in [6, 6.07) is 8.96. The number of piperidine rings is 1. The van der Waals surface area contributed by atoms with Gasteiger partial charge in [-0.1, -0.05) is 34.7 Å². The van der Waals surface area contributed by atoms with Gasteiger partial charge in [0.15, 0.2) is 0 Å². The number of benzene rings is 1. The molecule has 0 N–H and O–H groups in total. The smallest absolute Gasteiger partial charge is 0.0369 e. The predicted octanol–water partition coefficient (Wildman–Crippen LogP) is 3.61. The third kappa shape index (κ3) is 2.41. The molecule has 0 bridgehead atoms. The number of alkyl halides is 1. The summed E-state index contributed by atoms with van der Waals surface area (Å²) in [6.07, 6.45) is 4.12. The molecule has 0 aliphatic carbocycles. The third-order valence-corrected chi connectivity index (χ3v) is 3.67. The Morgan fingerprint density at radius 3 is 2.64 bits per heavy atom. The number of anilines is 1. The van der Waals surface area contributed by atoms with Crippen LogP contribution in [0.1, 0.15) is 24.8 Å². The van der Waals surface area contributed by atoms with Gasteiger partial charge in [0.2, 0.25) is 0 Å². The van der Waals surface area contributed by atoms with E-state index in [0.717, 1.165) is 4.43 Å². The van der Waals surface area contributed by atoms with Crippen molar-refractivity contribution in [3.05, 3.63) is 29.8 Å². The van der Waals surface area contributed by atoms with Crippen molar-refractivity contribution >= 4 is 28.3 Å². The van der Waals surface area contributed by atoms with E-state index in [9.17, 15) is 0 Å². The van der Waals surface area contributed by atoms with Gasteiger partial charge in [0.1, 0.15) is 0 Å². The van der Waals surface area contributed by atoms with Crippen molar-refractivity contribution in [3.63, 3.8) is 0 Å². The number of rotatable bonds is 2. The number of hydrogen-bond donors (Lipinski definition) is 0. The molecule has 0 unspecified atom stereocenters. The summed E-state index contributed by atoms with van der Waals surface area (Å²) >= 11 is 2.42. The van der Waals surface area contributed by atoms with E-state index >= 15 is 0 Å². The molecule has 0 aromatic heterocycles. The highest BCUT2D eigenvalue weighted by Gasteiger charge is 2.10. The molecule has 1 saturated heterocycles. The van der Waals surface area contributed by atoms with E-state index in [1.54, 1.807) is 0 Å². The van der Waals surface area contributed by atoms with Crippen molar-refractivity contribution < 1.29 is 0 Å².